The van der Waals surface area contributed by atoms with Crippen LogP contribution in [0.2, 0.25) is 0 Å². The Hall–Kier alpha value is -4.57. The standard InChI is InChI=1S/C34H34FN3O5S/c1-20(2)11-27(39)19-44(41,42)18-26-16-24-15-25(14-23(24)12-21(26)3)33(40)29-17-37-38(34(29)36)31-10-9-28(13-22(31)4)43-32-8-6-5-7-30(32)35/h5-10,12-14,16-17,20H,11,15,18-19,36H2,1-4H3. The normalized spacial score (nSPS) is 12.7. The van der Waals surface area contributed by atoms with E-state index in [2.05, 4.69) is 5.10 Å². The van der Waals surface area contributed by atoms with E-state index in [1.165, 1.54) is 16.9 Å². The fourth-order valence-electron chi connectivity index (χ4n) is 5.39. The van der Waals surface area contributed by atoms with E-state index in [0.717, 1.165) is 22.3 Å². The molecule has 0 atom stereocenters. The van der Waals surface area contributed by atoms with Crippen molar-refractivity contribution in [1.29, 1.82) is 0 Å². The summed E-state index contributed by atoms with van der Waals surface area (Å²) in [4.78, 5) is 25.7. The van der Waals surface area contributed by atoms with Crippen molar-refractivity contribution in [2.75, 3.05) is 11.5 Å². The largest absolute Gasteiger partial charge is 0.454 e. The number of ketones is 2. The maximum absolute atomic E-state index is 14.0. The number of carbonyl (C=O) groups excluding carboxylic acids is 2. The Labute approximate surface area is 256 Å². The molecule has 44 heavy (non-hydrogen) atoms. The molecule has 2 N–H and O–H groups in total. The number of nitrogens with zero attached hydrogens (tertiary/aromatic N) is 2. The summed E-state index contributed by atoms with van der Waals surface area (Å²) in [5, 5.41) is 4.37. The second-order valence-corrected chi connectivity index (χ2v) is 13.7. The summed E-state index contributed by atoms with van der Waals surface area (Å²) in [5.41, 5.74) is 11.7. The van der Waals surface area contributed by atoms with E-state index in [1.807, 2.05) is 39.8 Å². The number of halogens is 1. The van der Waals surface area contributed by atoms with Gasteiger partial charge in [0.15, 0.2) is 27.2 Å². The zero-order valence-electron chi connectivity index (χ0n) is 25.1. The van der Waals surface area contributed by atoms with E-state index in [-0.39, 0.29) is 46.8 Å². The number of anilines is 1. The van der Waals surface area contributed by atoms with E-state index >= 15 is 0 Å². The van der Waals surface area contributed by atoms with E-state index in [1.54, 1.807) is 42.5 Å². The number of allylic oxidation sites excluding steroid dienone is 1. The minimum atomic E-state index is -3.63. The summed E-state index contributed by atoms with van der Waals surface area (Å²) in [6, 6.07) is 15.0. The molecule has 0 bridgehead atoms. The number of para-hydroxylation sites is 1. The Morgan fingerprint density at radius 3 is 2.52 bits per heavy atom. The average molecular weight is 616 g/mol. The van der Waals surface area contributed by atoms with Gasteiger partial charge in [0.2, 0.25) is 0 Å². The molecule has 0 spiro atoms. The van der Waals surface area contributed by atoms with Crippen molar-refractivity contribution in [3.05, 3.63) is 106 Å². The molecular formula is C34H34FN3O5S. The number of nitrogens with two attached hydrogens (primary N) is 1. The third-order valence-corrected chi connectivity index (χ3v) is 9.02. The van der Waals surface area contributed by atoms with Crippen LogP contribution in [0.3, 0.4) is 0 Å². The van der Waals surface area contributed by atoms with Crippen LogP contribution in [0, 0.1) is 25.6 Å². The molecule has 1 aliphatic carbocycles. The Morgan fingerprint density at radius 2 is 1.82 bits per heavy atom. The molecule has 0 fully saturated rings. The molecule has 0 unspecified atom stereocenters. The molecule has 1 heterocycles. The molecule has 3 aromatic carbocycles. The highest BCUT2D eigenvalue weighted by Crippen LogP contribution is 2.33. The number of fused-ring (bicyclic) bond motifs is 1. The van der Waals surface area contributed by atoms with Crippen LogP contribution in [0.15, 0.2) is 66.4 Å². The van der Waals surface area contributed by atoms with Gasteiger partial charge in [0.05, 0.1) is 23.2 Å². The van der Waals surface area contributed by atoms with Gasteiger partial charge in [-0.3, -0.25) is 9.59 Å². The predicted octanol–water partition coefficient (Wildman–Crippen LogP) is 6.36. The Bertz CT molecular complexity index is 1920. The summed E-state index contributed by atoms with van der Waals surface area (Å²) < 4.78 is 46.7. The fourth-order valence-corrected chi connectivity index (χ4v) is 6.88. The molecule has 0 saturated carbocycles. The highest BCUT2D eigenvalue weighted by Gasteiger charge is 2.26. The van der Waals surface area contributed by atoms with E-state index in [0.29, 0.717) is 29.0 Å². The number of nitrogen functional groups attached to an aromatic ring is 1. The molecule has 228 valence electrons. The van der Waals surface area contributed by atoms with Crippen LogP contribution >= 0.6 is 0 Å². The third-order valence-electron chi connectivity index (χ3n) is 7.50. The first-order chi connectivity index (χ1) is 20.8. The van der Waals surface area contributed by atoms with Crippen molar-refractivity contribution in [2.24, 2.45) is 5.92 Å². The molecule has 0 radical (unpaired) electrons. The lowest BCUT2D eigenvalue weighted by atomic mass is 10.0. The maximum atomic E-state index is 14.0. The number of ether oxygens (including phenoxy) is 1. The first-order valence-electron chi connectivity index (χ1n) is 14.3. The van der Waals surface area contributed by atoms with E-state index in [9.17, 15) is 22.4 Å². The van der Waals surface area contributed by atoms with Gasteiger partial charge in [-0.2, -0.15) is 5.10 Å². The number of benzene rings is 3. The monoisotopic (exact) mass is 615 g/mol. The molecule has 0 amide bonds. The third kappa shape index (κ3) is 6.65. The van der Waals surface area contributed by atoms with Crippen LogP contribution in [-0.4, -0.2) is 35.5 Å². The topological polar surface area (TPSA) is 121 Å². The first-order valence-corrected chi connectivity index (χ1v) is 16.1. The highest BCUT2D eigenvalue weighted by molar-refractivity contribution is 7.91. The predicted molar refractivity (Wildman–Crippen MR) is 168 cm³/mol. The second-order valence-electron chi connectivity index (χ2n) is 11.7. The summed E-state index contributed by atoms with van der Waals surface area (Å²) in [7, 11) is -3.63. The van der Waals surface area contributed by atoms with E-state index in [4.69, 9.17) is 10.5 Å². The van der Waals surface area contributed by atoms with Gasteiger partial charge in [-0.25, -0.2) is 17.5 Å². The van der Waals surface area contributed by atoms with Crippen molar-refractivity contribution in [1.82, 2.24) is 9.78 Å². The summed E-state index contributed by atoms with van der Waals surface area (Å²) in [6.45, 7) is 7.42. The number of carbonyl (C=O) groups is 2. The van der Waals surface area contributed by atoms with Crippen LogP contribution in [0.25, 0.3) is 11.8 Å². The van der Waals surface area contributed by atoms with Crippen LogP contribution in [0.1, 0.15) is 58.4 Å². The molecule has 4 aromatic rings. The summed E-state index contributed by atoms with van der Waals surface area (Å²) in [6.07, 6.45) is 3.78. The number of rotatable bonds is 11. The fraction of sp³-hybridized carbons (Fsp3) is 0.265. The minimum absolute atomic E-state index is 0.0961. The van der Waals surface area contributed by atoms with Crippen molar-refractivity contribution in [3.63, 3.8) is 0 Å². The van der Waals surface area contributed by atoms with Crippen LogP contribution in [0.4, 0.5) is 10.2 Å². The molecule has 0 saturated heterocycles. The van der Waals surface area contributed by atoms with Crippen LogP contribution < -0.4 is 10.5 Å². The zero-order chi connectivity index (χ0) is 31.8. The molecule has 1 aromatic heterocycles. The van der Waals surface area contributed by atoms with Crippen molar-refractivity contribution in [3.8, 4) is 17.2 Å². The minimum Gasteiger partial charge on any atom is -0.454 e. The van der Waals surface area contributed by atoms with Gasteiger partial charge in [0.1, 0.15) is 23.1 Å². The lowest BCUT2D eigenvalue weighted by molar-refractivity contribution is -0.117. The van der Waals surface area contributed by atoms with Crippen LogP contribution in [-0.2, 0) is 26.8 Å². The number of sulfone groups is 1. The highest BCUT2D eigenvalue weighted by atomic mass is 32.2. The number of aryl methyl sites for hydroxylation is 2. The number of hydrogen-bond donors (Lipinski definition) is 1. The second kappa shape index (κ2) is 12.2. The molecule has 10 heteroatoms. The zero-order valence-corrected chi connectivity index (χ0v) is 25.9. The van der Waals surface area contributed by atoms with Crippen molar-refractivity contribution in [2.45, 2.75) is 46.3 Å². The lowest BCUT2D eigenvalue weighted by Gasteiger charge is -2.12. The average Bonchev–Trinajstić information content (AvgIpc) is 3.52. The van der Waals surface area contributed by atoms with Gasteiger partial charge in [0, 0.05) is 18.4 Å². The smallest absolute Gasteiger partial charge is 0.194 e. The Kier molecular flexibility index (Phi) is 8.56. The first kappa shape index (κ1) is 30.9. The molecule has 0 aliphatic heterocycles. The van der Waals surface area contributed by atoms with Gasteiger partial charge in [0.25, 0.3) is 0 Å². The molecular weight excluding hydrogens is 581 g/mol. The Morgan fingerprint density at radius 1 is 1.07 bits per heavy atom. The SMILES string of the molecule is Cc1cc2c(cc1CS(=O)(=O)CC(=O)CC(C)C)CC(C(=O)c1cnn(-c3ccc(Oc4ccccc4F)cc3C)c1N)=C2. The molecule has 5 rings (SSSR count). The van der Waals surface area contributed by atoms with Gasteiger partial charge < -0.3 is 10.5 Å². The maximum Gasteiger partial charge on any atom is 0.194 e. The molecule has 1 aliphatic rings. The van der Waals surface area contributed by atoms with E-state index < -0.39 is 21.4 Å². The lowest BCUT2D eigenvalue weighted by Crippen LogP contribution is -2.19. The number of Topliss-reactive ketones (excluding diaryl/α,β-unsaturated/α-hetero) is 2. The van der Waals surface area contributed by atoms with Gasteiger partial charge >= 0.3 is 0 Å². The Balaban J connectivity index is 1.31. The van der Waals surface area contributed by atoms with Gasteiger partial charge in [-0.15, -0.1) is 0 Å². The summed E-state index contributed by atoms with van der Waals surface area (Å²) in [5.74, 6) is -0.917. The summed E-state index contributed by atoms with van der Waals surface area (Å²) >= 11 is 0. The van der Waals surface area contributed by atoms with Crippen LogP contribution in [0.5, 0.6) is 11.5 Å². The van der Waals surface area contributed by atoms with Crippen molar-refractivity contribution >= 4 is 33.3 Å². The van der Waals surface area contributed by atoms with Gasteiger partial charge in [-0.05, 0) is 84.0 Å². The molecule has 8 nitrogen and oxygen atoms in total. The van der Waals surface area contributed by atoms with Gasteiger partial charge in [-0.1, -0.05) is 38.1 Å². The van der Waals surface area contributed by atoms with Crippen molar-refractivity contribution < 1.29 is 27.1 Å². The number of aromatic nitrogens is 2. The quantitative estimate of drug-likeness (QED) is 0.195. The number of hydrogen-bond acceptors (Lipinski definition) is 7.